The number of hydrogen-bond donors (Lipinski definition) is 1. The zero-order chi connectivity index (χ0) is 19.9. The summed E-state index contributed by atoms with van der Waals surface area (Å²) in [6, 6.07) is 16.0. The summed E-state index contributed by atoms with van der Waals surface area (Å²) in [6.07, 6.45) is 2.05. The molecule has 0 bridgehead atoms. The maximum atomic E-state index is 12.1. The first kappa shape index (κ1) is 19.3. The van der Waals surface area contributed by atoms with E-state index in [4.69, 9.17) is 9.47 Å². The number of nitrogens with one attached hydrogen (secondary N) is 1. The number of anilines is 1. The molecule has 0 radical (unpaired) electrons. The van der Waals surface area contributed by atoms with Crippen LogP contribution in [-0.2, 0) is 4.79 Å². The van der Waals surface area contributed by atoms with Crippen LogP contribution in [0.25, 0.3) is 0 Å². The van der Waals surface area contributed by atoms with Crippen molar-refractivity contribution >= 4 is 17.8 Å². The van der Waals surface area contributed by atoms with Crippen molar-refractivity contribution in [2.24, 2.45) is 5.10 Å². The number of nitrogens with zero attached hydrogens (tertiary/aromatic N) is 3. The molecule has 0 aliphatic carbocycles. The van der Waals surface area contributed by atoms with Crippen LogP contribution in [-0.4, -0.2) is 63.0 Å². The van der Waals surface area contributed by atoms with Crippen LogP contribution in [0.1, 0.15) is 12.0 Å². The fourth-order valence-corrected chi connectivity index (χ4v) is 3.50. The predicted molar refractivity (Wildman–Crippen MR) is 113 cm³/mol. The highest BCUT2D eigenvalue weighted by atomic mass is 16.6. The van der Waals surface area contributed by atoms with Gasteiger partial charge in [-0.05, 0) is 35.9 Å². The Morgan fingerprint density at radius 3 is 2.55 bits per heavy atom. The minimum atomic E-state index is -0.0794. The molecule has 2 aromatic carbocycles. The molecule has 152 valence electrons. The van der Waals surface area contributed by atoms with Crippen LogP contribution < -0.4 is 19.8 Å². The minimum Gasteiger partial charge on any atom is -0.486 e. The van der Waals surface area contributed by atoms with Gasteiger partial charge in [-0.2, -0.15) is 5.10 Å². The lowest BCUT2D eigenvalue weighted by Gasteiger charge is -2.36. The van der Waals surface area contributed by atoms with Crippen LogP contribution in [0.4, 0.5) is 5.69 Å². The number of carbonyl (C=O) groups excluding carboxylic acids is 1. The van der Waals surface area contributed by atoms with E-state index in [1.807, 2.05) is 24.3 Å². The molecule has 2 aliphatic heterocycles. The van der Waals surface area contributed by atoms with Gasteiger partial charge in [-0.3, -0.25) is 9.69 Å². The summed E-state index contributed by atoms with van der Waals surface area (Å²) in [5.74, 6) is 1.37. The lowest BCUT2D eigenvalue weighted by molar-refractivity contribution is -0.121. The Kier molecular flexibility index (Phi) is 6.26. The third kappa shape index (κ3) is 5.26. The van der Waals surface area contributed by atoms with E-state index in [1.165, 1.54) is 5.69 Å². The van der Waals surface area contributed by atoms with E-state index < -0.39 is 0 Å². The number of amides is 1. The van der Waals surface area contributed by atoms with Crippen LogP contribution in [0, 0.1) is 0 Å². The van der Waals surface area contributed by atoms with Gasteiger partial charge in [-0.1, -0.05) is 18.2 Å². The summed E-state index contributed by atoms with van der Waals surface area (Å²) in [6.45, 7) is 5.74. The van der Waals surface area contributed by atoms with Crippen molar-refractivity contribution in [2.45, 2.75) is 6.42 Å². The largest absolute Gasteiger partial charge is 0.486 e. The van der Waals surface area contributed by atoms with E-state index in [2.05, 4.69) is 44.6 Å². The summed E-state index contributed by atoms with van der Waals surface area (Å²) in [5, 5.41) is 4.06. The van der Waals surface area contributed by atoms with E-state index in [-0.39, 0.29) is 5.91 Å². The first-order chi connectivity index (χ1) is 14.3. The number of hydrazone groups is 1. The van der Waals surface area contributed by atoms with E-state index in [0.29, 0.717) is 25.4 Å². The van der Waals surface area contributed by atoms with Crippen molar-refractivity contribution in [2.75, 3.05) is 50.8 Å². The SMILES string of the molecule is O=C(CCN1CCN(c2ccccc2)CC1)N/N=C/c1ccc2c(c1)OCCO2. The third-order valence-electron chi connectivity index (χ3n) is 5.12. The van der Waals surface area contributed by atoms with E-state index in [1.54, 1.807) is 6.21 Å². The third-order valence-corrected chi connectivity index (χ3v) is 5.12. The Morgan fingerprint density at radius 2 is 1.76 bits per heavy atom. The quantitative estimate of drug-likeness (QED) is 0.601. The summed E-state index contributed by atoms with van der Waals surface area (Å²) >= 11 is 0. The molecule has 2 aliphatic rings. The lowest BCUT2D eigenvalue weighted by Crippen LogP contribution is -2.47. The molecule has 7 nitrogen and oxygen atoms in total. The van der Waals surface area contributed by atoms with Gasteiger partial charge in [0.25, 0.3) is 0 Å². The number of fused-ring (bicyclic) bond motifs is 1. The standard InChI is InChI=1S/C22H26N4O3/c27-22(24-23-17-18-6-7-20-21(16-18)29-15-14-28-20)8-9-25-10-12-26(13-11-25)19-4-2-1-3-5-19/h1-7,16-17H,8-15H2,(H,24,27)/b23-17+. The second-order valence-corrected chi connectivity index (χ2v) is 7.11. The molecule has 2 aromatic rings. The summed E-state index contributed by atoms with van der Waals surface area (Å²) in [7, 11) is 0. The summed E-state index contributed by atoms with van der Waals surface area (Å²) in [5.41, 5.74) is 4.72. The van der Waals surface area contributed by atoms with Gasteiger partial charge in [0, 0.05) is 44.8 Å². The van der Waals surface area contributed by atoms with E-state index >= 15 is 0 Å². The number of benzene rings is 2. The van der Waals surface area contributed by atoms with Crippen molar-refractivity contribution in [3.8, 4) is 11.5 Å². The fraction of sp³-hybridized carbons (Fsp3) is 0.364. The average Bonchev–Trinajstić information content (AvgIpc) is 2.78. The Balaban J connectivity index is 1.17. The zero-order valence-electron chi connectivity index (χ0n) is 16.4. The number of ether oxygens (including phenoxy) is 2. The molecule has 1 N–H and O–H groups in total. The number of piperazine rings is 1. The van der Waals surface area contributed by atoms with Gasteiger partial charge >= 0.3 is 0 Å². The molecule has 0 saturated carbocycles. The van der Waals surface area contributed by atoms with E-state index in [0.717, 1.165) is 44.0 Å². The fourth-order valence-electron chi connectivity index (χ4n) is 3.50. The van der Waals surface area contributed by atoms with Gasteiger partial charge in [-0.25, -0.2) is 5.43 Å². The first-order valence-electron chi connectivity index (χ1n) is 10.0. The van der Waals surface area contributed by atoms with Gasteiger partial charge in [0.15, 0.2) is 11.5 Å². The number of rotatable bonds is 6. The number of hydrogen-bond acceptors (Lipinski definition) is 6. The van der Waals surface area contributed by atoms with Crippen molar-refractivity contribution in [1.82, 2.24) is 10.3 Å². The molecule has 2 heterocycles. The van der Waals surface area contributed by atoms with Gasteiger partial charge in [-0.15, -0.1) is 0 Å². The highest BCUT2D eigenvalue weighted by molar-refractivity contribution is 5.83. The van der Waals surface area contributed by atoms with Gasteiger partial charge in [0.05, 0.1) is 6.21 Å². The molecule has 1 amide bonds. The normalized spacial score (nSPS) is 16.8. The van der Waals surface area contributed by atoms with Crippen molar-refractivity contribution in [3.63, 3.8) is 0 Å². The van der Waals surface area contributed by atoms with Crippen LogP contribution in [0.2, 0.25) is 0 Å². The molecule has 0 aromatic heterocycles. The maximum Gasteiger partial charge on any atom is 0.241 e. The molecule has 0 atom stereocenters. The van der Waals surface area contributed by atoms with Crippen LogP contribution >= 0.6 is 0 Å². The zero-order valence-corrected chi connectivity index (χ0v) is 16.4. The van der Waals surface area contributed by atoms with Crippen LogP contribution in [0.3, 0.4) is 0 Å². The Morgan fingerprint density at radius 1 is 1.00 bits per heavy atom. The molecule has 0 unspecified atom stereocenters. The van der Waals surface area contributed by atoms with Gasteiger partial charge in [0.1, 0.15) is 13.2 Å². The van der Waals surface area contributed by atoms with Crippen molar-refractivity contribution < 1.29 is 14.3 Å². The van der Waals surface area contributed by atoms with Crippen LogP contribution in [0.15, 0.2) is 53.6 Å². The highest BCUT2D eigenvalue weighted by Gasteiger charge is 2.17. The number of carbonyl (C=O) groups is 1. The topological polar surface area (TPSA) is 66.4 Å². The molecule has 4 rings (SSSR count). The average molecular weight is 394 g/mol. The summed E-state index contributed by atoms with van der Waals surface area (Å²) < 4.78 is 11.0. The molecular weight excluding hydrogens is 368 g/mol. The molecule has 1 fully saturated rings. The lowest BCUT2D eigenvalue weighted by atomic mass is 10.2. The number of para-hydroxylation sites is 1. The second-order valence-electron chi connectivity index (χ2n) is 7.11. The maximum absolute atomic E-state index is 12.1. The van der Waals surface area contributed by atoms with Crippen molar-refractivity contribution in [3.05, 3.63) is 54.1 Å². The Bertz CT molecular complexity index is 848. The Labute approximate surface area is 170 Å². The molecule has 29 heavy (non-hydrogen) atoms. The van der Waals surface area contributed by atoms with Crippen molar-refractivity contribution in [1.29, 1.82) is 0 Å². The van der Waals surface area contributed by atoms with E-state index in [9.17, 15) is 4.79 Å². The molecule has 7 heteroatoms. The van der Waals surface area contributed by atoms with Crippen LogP contribution in [0.5, 0.6) is 11.5 Å². The van der Waals surface area contributed by atoms with Gasteiger partial charge < -0.3 is 14.4 Å². The predicted octanol–water partition coefficient (Wildman–Crippen LogP) is 2.12. The minimum absolute atomic E-state index is 0.0794. The second kappa shape index (κ2) is 9.43. The first-order valence-corrected chi connectivity index (χ1v) is 10.0. The molecule has 1 saturated heterocycles. The smallest absolute Gasteiger partial charge is 0.241 e. The monoisotopic (exact) mass is 394 g/mol. The Hall–Kier alpha value is -3.06. The summed E-state index contributed by atoms with van der Waals surface area (Å²) in [4.78, 5) is 16.8. The molecule has 0 spiro atoms. The van der Waals surface area contributed by atoms with Gasteiger partial charge in [0.2, 0.25) is 5.91 Å². The molecular formula is C22H26N4O3. The highest BCUT2D eigenvalue weighted by Crippen LogP contribution is 2.30.